The second-order valence-corrected chi connectivity index (χ2v) is 5.58. The topological polar surface area (TPSA) is 47.9 Å². The third kappa shape index (κ3) is 6.31. The van der Waals surface area contributed by atoms with E-state index < -0.39 is 26.1 Å². The van der Waals surface area contributed by atoms with Crippen molar-refractivity contribution in [2.45, 2.75) is 38.7 Å². The summed E-state index contributed by atoms with van der Waals surface area (Å²) in [7, 11) is -1.25. The molecule has 0 aliphatic heterocycles. The van der Waals surface area contributed by atoms with E-state index in [1.165, 1.54) is 19.2 Å². The molecule has 4 heteroatoms. The molecule has 0 saturated heterocycles. The van der Waals surface area contributed by atoms with E-state index in [1.807, 2.05) is 13.0 Å². The molecule has 2 rings (SSSR count). The zero-order valence-electron chi connectivity index (χ0n) is 21.4. The maximum Gasteiger partial charge on any atom is 0.160 e. The van der Waals surface area contributed by atoms with Crippen LogP contribution in [-0.4, -0.2) is 31.9 Å². The lowest BCUT2D eigenvalue weighted by atomic mass is 10.0. The van der Waals surface area contributed by atoms with E-state index in [-0.39, 0.29) is 30.1 Å². The lowest BCUT2D eigenvalue weighted by Crippen LogP contribution is -2.17. The molecular weight excluding hydrogens is 316 g/mol. The molecule has 0 spiro atoms. The molecule has 0 aromatic heterocycles. The first-order valence-corrected chi connectivity index (χ1v) is 8.03. The lowest BCUT2D eigenvalue weighted by Gasteiger charge is -2.13. The molecule has 0 aliphatic rings. The number of aliphatic hydroxyl groups is 1. The van der Waals surface area contributed by atoms with Crippen LogP contribution in [0.5, 0.6) is 17.2 Å². The number of rotatable bonds is 10. The molecule has 2 aromatic rings. The van der Waals surface area contributed by atoms with Gasteiger partial charge in [-0.2, -0.15) is 0 Å². The van der Waals surface area contributed by atoms with Crippen LogP contribution in [0, 0.1) is 6.92 Å². The molecule has 2 aromatic carbocycles. The highest BCUT2D eigenvalue weighted by Crippen LogP contribution is 2.28. The smallest absolute Gasteiger partial charge is 0.160 e. The van der Waals surface area contributed by atoms with Gasteiger partial charge < -0.3 is 19.3 Å². The van der Waals surface area contributed by atoms with Gasteiger partial charge in [0.2, 0.25) is 0 Å². The number of hydrogen-bond acceptors (Lipinski definition) is 4. The number of aliphatic hydroxyl groups excluding tert-OH is 1. The standard InChI is InChI=1S/C21H28O4/c1-16-7-6-10-19(13-16)25-15-18(22)9-5-4-8-17-11-12-20(23-2)21(14-17)24-3/h6-7,10-14,18,22H,4-5,8-9,15H2,1-3H3/i3D3,9D2,15D2. The predicted molar refractivity (Wildman–Crippen MR) is 99.8 cm³/mol. The van der Waals surface area contributed by atoms with Gasteiger partial charge in [-0.25, -0.2) is 0 Å². The van der Waals surface area contributed by atoms with Gasteiger partial charge in [-0.3, -0.25) is 0 Å². The van der Waals surface area contributed by atoms with Crippen LogP contribution in [0.2, 0.25) is 0 Å². The Hall–Kier alpha value is -2.20. The number of hydrogen-bond donors (Lipinski definition) is 1. The van der Waals surface area contributed by atoms with Crippen molar-refractivity contribution in [1.29, 1.82) is 0 Å². The molecule has 0 fully saturated rings. The fourth-order valence-corrected chi connectivity index (χ4v) is 2.33. The highest BCUT2D eigenvalue weighted by molar-refractivity contribution is 5.42. The minimum Gasteiger partial charge on any atom is -0.493 e. The van der Waals surface area contributed by atoms with E-state index in [0.29, 0.717) is 12.0 Å². The first kappa shape index (κ1) is 11.4. The molecular formula is C21H28O4. The molecule has 4 nitrogen and oxygen atoms in total. The zero-order chi connectivity index (χ0) is 24.2. The molecule has 1 unspecified atom stereocenters. The summed E-state index contributed by atoms with van der Waals surface area (Å²) in [6, 6.07) is 11.4. The Balaban J connectivity index is 2.02. The van der Waals surface area contributed by atoms with Crippen molar-refractivity contribution in [3.8, 4) is 17.2 Å². The van der Waals surface area contributed by atoms with Gasteiger partial charge in [0, 0.05) is 2.74 Å². The first-order chi connectivity index (χ1) is 14.7. The zero-order valence-corrected chi connectivity index (χ0v) is 14.4. The highest BCUT2D eigenvalue weighted by Gasteiger charge is 2.07. The Morgan fingerprint density at radius 2 is 2.00 bits per heavy atom. The van der Waals surface area contributed by atoms with E-state index in [9.17, 15) is 5.11 Å². The molecule has 0 amide bonds. The van der Waals surface area contributed by atoms with E-state index >= 15 is 0 Å². The highest BCUT2D eigenvalue weighted by atomic mass is 16.5. The quantitative estimate of drug-likeness (QED) is 0.698. The summed E-state index contributed by atoms with van der Waals surface area (Å²) in [6.07, 6.45) is -3.82. The Labute approximate surface area is 160 Å². The lowest BCUT2D eigenvalue weighted by molar-refractivity contribution is 0.0976. The monoisotopic (exact) mass is 351 g/mol. The van der Waals surface area contributed by atoms with Crippen LogP contribution in [0.1, 0.15) is 39.9 Å². The van der Waals surface area contributed by atoms with E-state index in [4.69, 9.17) is 23.8 Å². The predicted octanol–water partition coefficient (Wildman–Crippen LogP) is 4.16. The van der Waals surface area contributed by atoms with Crippen molar-refractivity contribution < 1.29 is 28.9 Å². The van der Waals surface area contributed by atoms with Crippen molar-refractivity contribution in [1.82, 2.24) is 0 Å². The molecule has 0 saturated carbocycles. The SMILES string of the molecule is [2H]C([2H])([2H])Oc1cc(CCCC([2H])([2H])C(O)C([2H])([2H])Oc2cccc(C)c2)ccc1OC. The Kier molecular flexibility index (Phi) is 4.54. The molecule has 0 heterocycles. The van der Waals surface area contributed by atoms with Crippen LogP contribution in [0.15, 0.2) is 42.5 Å². The fraction of sp³-hybridized carbons (Fsp3) is 0.429. The second kappa shape index (κ2) is 9.94. The second-order valence-electron chi connectivity index (χ2n) is 5.58. The van der Waals surface area contributed by atoms with Crippen molar-refractivity contribution in [2.75, 3.05) is 20.7 Å². The molecule has 0 bridgehead atoms. The Morgan fingerprint density at radius 3 is 2.76 bits per heavy atom. The molecule has 25 heavy (non-hydrogen) atoms. The normalized spacial score (nSPS) is 17.6. The Morgan fingerprint density at radius 1 is 1.12 bits per heavy atom. The number of benzene rings is 2. The van der Waals surface area contributed by atoms with Gasteiger partial charge >= 0.3 is 0 Å². The van der Waals surface area contributed by atoms with Gasteiger partial charge in [0.25, 0.3) is 0 Å². The first-order valence-electron chi connectivity index (χ1n) is 11.5. The minimum absolute atomic E-state index is 0.0518. The number of aryl methyl sites for hydroxylation is 2. The fourth-order valence-electron chi connectivity index (χ4n) is 2.33. The summed E-state index contributed by atoms with van der Waals surface area (Å²) in [4.78, 5) is 0. The minimum atomic E-state index is -2.64. The van der Waals surface area contributed by atoms with Crippen LogP contribution >= 0.6 is 0 Å². The third-order valence-electron chi connectivity index (χ3n) is 3.60. The van der Waals surface area contributed by atoms with Crippen LogP contribution in [0.4, 0.5) is 0 Å². The average Bonchev–Trinajstić information content (AvgIpc) is 2.66. The van der Waals surface area contributed by atoms with Gasteiger partial charge in [0.05, 0.1) is 27.1 Å². The van der Waals surface area contributed by atoms with Crippen molar-refractivity contribution >= 4 is 0 Å². The summed E-state index contributed by atoms with van der Waals surface area (Å²) in [6.45, 7) is -0.829. The van der Waals surface area contributed by atoms with E-state index in [1.54, 1.807) is 24.3 Å². The van der Waals surface area contributed by atoms with Gasteiger partial charge in [0.15, 0.2) is 11.5 Å². The van der Waals surface area contributed by atoms with Crippen LogP contribution < -0.4 is 14.2 Å². The largest absolute Gasteiger partial charge is 0.493 e. The molecule has 1 N–H and O–H groups in total. The molecule has 0 radical (unpaired) electrons. The average molecular weight is 351 g/mol. The van der Waals surface area contributed by atoms with E-state index in [2.05, 4.69) is 0 Å². The molecule has 0 aliphatic carbocycles. The van der Waals surface area contributed by atoms with Crippen LogP contribution in [-0.2, 0) is 6.42 Å². The van der Waals surface area contributed by atoms with E-state index in [0.717, 1.165) is 5.56 Å². The summed E-state index contributed by atoms with van der Waals surface area (Å²) in [5.74, 6) is 0.512. The maximum atomic E-state index is 10.4. The third-order valence-corrected chi connectivity index (χ3v) is 3.60. The molecule has 1 atom stereocenters. The summed E-state index contributed by atoms with van der Waals surface area (Å²) in [5, 5.41) is 10.4. The number of ether oxygens (including phenoxy) is 3. The van der Waals surface area contributed by atoms with Crippen molar-refractivity contribution in [3.05, 3.63) is 53.6 Å². The Bertz CT molecular complexity index is 900. The maximum absolute atomic E-state index is 10.4. The molecule has 136 valence electrons. The summed E-state index contributed by atoms with van der Waals surface area (Å²) < 4.78 is 69.5. The van der Waals surface area contributed by atoms with Gasteiger partial charge in [-0.15, -0.1) is 0 Å². The summed E-state index contributed by atoms with van der Waals surface area (Å²) >= 11 is 0. The number of methoxy groups -OCH3 is 2. The van der Waals surface area contributed by atoms with Crippen molar-refractivity contribution in [3.63, 3.8) is 0 Å². The van der Waals surface area contributed by atoms with Gasteiger partial charge in [-0.05, 0) is 61.5 Å². The van der Waals surface area contributed by atoms with Gasteiger partial charge in [0.1, 0.15) is 12.3 Å². The van der Waals surface area contributed by atoms with Crippen molar-refractivity contribution in [2.24, 2.45) is 0 Å². The van der Waals surface area contributed by atoms with Crippen LogP contribution in [0.25, 0.3) is 0 Å². The van der Waals surface area contributed by atoms with Crippen LogP contribution in [0.3, 0.4) is 0 Å². The van der Waals surface area contributed by atoms with Gasteiger partial charge in [-0.1, -0.05) is 24.6 Å². The summed E-state index contributed by atoms with van der Waals surface area (Å²) in [5.41, 5.74) is 1.53.